The van der Waals surface area contributed by atoms with Gasteiger partial charge in [0.15, 0.2) is 0 Å². The van der Waals surface area contributed by atoms with E-state index in [9.17, 15) is 0 Å². The molecule has 22 heavy (non-hydrogen) atoms. The van der Waals surface area contributed by atoms with Gasteiger partial charge in [0.2, 0.25) is 0 Å². The molecule has 0 bridgehead atoms. The molecule has 0 saturated carbocycles. The third-order valence-electron chi connectivity index (χ3n) is 4.75. The van der Waals surface area contributed by atoms with Crippen LogP contribution in [0.5, 0.6) is 0 Å². The number of piperidine rings is 1. The molecule has 0 spiro atoms. The molecule has 116 valence electrons. The van der Waals surface area contributed by atoms with Crippen molar-refractivity contribution in [3.63, 3.8) is 0 Å². The number of likely N-dealkylation sites (N-methyl/N-ethyl adjacent to an activating group) is 1. The van der Waals surface area contributed by atoms with E-state index in [1.807, 2.05) is 22.9 Å². The summed E-state index contributed by atoms with van der Waals surface area (Å²) in [7, 11) is 2.21. The Hall–Kier alpha value is -1.52. The lowest BCUT2D eigenvalue weighted by Gasteiger charge is -2.29. The van der Waals surface area contributed by atoms with Crippen molar-refractivity contribution in [2.75, 3.05) is 32.0 Å². The van der Waals surface area contributed by atoms with Crippen LogP contribution in [0.2, 0.25) is 5.02 Å². The molecule has 0 radical (unpaired) electrons. The highest BCUT2D eigenvalue weighted by molar-refractivity contribution is 6.30. The molecule has 1 aromatic heterocycles. The molecular weight excluding hydrogens is 296 g/mol. The quantitative estimate of drug-likeness (QED) is 0.923. The maximum Gasteiger partial charge on any atom is 0.133 e. The molecule has 4 rings (SSSR count). The second-order valence-corrected chi connectivity index (χ2v) is 6.82. The summed E-state index contributed by atoms with van der Waals surface area (Å²) in [6.45, 7) is 3.31. The summed E-state index contributed by atoms with van der Waals surface area (Å²) in [6, 6.07) is 7.93. The van der Waals surface area contributed by atoms with Crippen molar-refractivity contribution in [3.05, 3.63) is 40.5 Å². The Kier molecular flexibility index (Phi) is 3.59. The lowest BCUT2D eigenvalue weighted by Crippen LogP contribution is -2.31. The topological polar surface area (TPSA) is 33.1 Å². The van der Waals surface area contributed by atoms with Crippen LogP contribution in [0.4, 0.5) is 5.82 Å². The van der Waals surface area contributed by atoms with E-state index in [2.05, 4.69) is 23.3 Å². The Morgan fingerprint density at radius 2 is 2.27 bits per heavy atom. The SMILES string of the molecule is CN1CCCC(c2nn(-c3cccc(Cl)c3)c3c2CCN3)C1. The minimum atomic E-state index is 0.549. The monoisotopic (exact) mass is 316 g/mol. The van der Waals surface area contributed by atoms with Crippen molar-refractivity contribution in [2.45, 2.75) is 25.2 Å². The van der Waals surface area contributed by atoms with Crippen molar-refractivity contribution >= 4 is 17.4 Å². The number of aromatic nitrogens is 2. The van der Waals surface area contributed by atoms with Crippen LogP contribution < -0.4 is 5.32 Å². The fraction of sp³-hybridized carbons (Fsp3) is 0.471. The van der Waals surface area contributed by atoms with Gasteiger partial charge >= 0.3 is 0 Å². The van der Waals surface area contributed by atoms with Crippen LogP contribution in [-0.4, -0.2) is 41.4 Å². The number of hydrogen-bond acceptors (Lipinski definition) is 3. The summed E-state index contributed by atoms with van der Waals surface area (Å²) in [5.41, 5.74) is 3.72. The molecule has 2 aliphatic rings. The summed E-state index contributed by atoms with van der Waals surface area (Å²) in [5.74, 6) is 1.71. The highest BCUT2D eigenvalue weighted by Crippen LogP contribution is 2.36. The summed E-state index contributed by atoms with van der Waals surface area (Å²) >= 11 is 6.15. The number of benzene rings is 1. The van der Waals surface area contributed by atoms with Crippen molar-refractivity contribution in [1.82, 2.24) is 14.7 Å². The molecule has 5 heteroatoms. The molecule has 1 atom stereocenters. The molecule has 1 N–H and O–H groups in total. The zero-order valence-corrected chi connectivity index (χ0v) is 13.6. The third kappa shape index (κ3) is 2.40. The molecule has 1 aromatic carbocycles. The van der Waals surface area contributed by atoms with Crippen LogP contribution in [0.3, 0.4) is 0 Å². The molecule has 1 unspecified atom stereocenters. The van der Waals surface area contributed by atoms with Gasteiger partial charge in [-0.3, -0.25) is 0 Å². The second kappa shape index (κ2) is 5.60. The van der Waals surface area contributed by atoms with E-state index in [1.54, 1.807) is 0 Å². The largest absolute Gasteiger partial charge is 0.369 e. The van der Waals surface area contributed by atoms with Crippen molar-refractivity contribution in [3.8, 4) is 5.69 Å². The second-order valence-electron chi connectivity index (χ2n) is 6.38. The summed E-state index contributed by atoms with van der Waals surface area (Å²) < 4.78 is 2.04. The van der Waals surface area contributed by atoms with E-state index >= 15 is 0 Å². The predicted octanol–water partition coefficient (Wildman–Crippen LogP) is 3.30. The summed E-state index contributed by atoms with van der Waals surface area (Å²) in [6.07, 6.45) is 3.57. The average Bonchev–Trinajstić information content (AvgIpc) is 3.09. The fourth-order valence-electron chi connectivity index (χ4n) is 3.71. The number of anilines is 1. The molecule has 2 aromatic rings. The molecule has 4 nitrogen and oxygen atoms in total. The highest BCUT2D eigenvalue weighted by Gasteiger charge is 2.29. The molecule has 1 fully saturated rings. The first-order valence-corrected chi connectivity index (χ1v) is 8.40. The Morgan fingerprint density at radius 1 is 1.36 bits per heavy atom. The van der Waals surface area contributed by atoms with Gasteiger partial charge in [0, 0.05) is 29.6 Å². The lowest BCUT2D eigenvalue weighted by atomic mass is 9.92. The first-order valence-electron chi connectivity index (χ1n) is 8.02. The number of rotatable bonds is 2. The predicted molar refractivity (Wildman–Crippen MR) is 90.2 cm³/mol. The molecule has 2 aliphatic heterocycles. The zero-order valence-electron chi connectivity index (χ0n) is 12.8. The van der Waals surface area contributed by atoms with Crippen molar-refractivity contribution < 1.29 is 0 Å². The van der Waals surface area contributed by atoms with Gasteiger partial charge in [0.1, 0.15) is 5.82 Å². The molecule has 0 amide bonds. The van der Waals surface area contributed by atoms with Gasteiger partial charge < -0.3 is 10.2 Å². The van der Waals surface area contributed by atoms with E-state index in [4.69, 9.17) is 16.7 Å². The first kappa shape index (κ1) is 14.1. The van der Waals surface area contributed by atoms with Gasteiger partial charge in [-0.1, -0.05) is 17.7 Å². The zero-order chi connectivity index (χ0) is 15.1. The normalized spacial score (nSPS) is 21.6. The van der Waals surface area contributed by atoms with Crippen LogP contribution in [0, 0.1) is 0 Å². The number of nitrogens with zero attached hydrogens (tertiary/aromatic N) is 3. The van der Waals surface area contributed by atoms with Crippen LogP contribution >= 0.6 is 11.6 Å². The van der Waals surface area contributed by atoms with E-state index in [-0.39, 0.29) is 0 Å². The van der Waals surface area contributed by atoms with E-state index in [0.29, 0.717) is 5.92 Å². The summed E-state index contributed by atoms with van der Waals surface area (Å²) in [4.78, 5) is 2.42. The van der Waals surface area contributed by atoms with E-state index in [0.717, 1.165) is 36.0 Å². The van der Waals surface area contributed by atoms with Crippen LogP contribution in [-0.2, 0) is 6.42 Å². The van der Waals surface area contributed by atoms with Gasteiger partial charge in [-0.2, -0.15) is 5.10 Å². The number of likely N-dealkylation sites (tertiary alicyclic amines) is 1. The lowest BCUT2D eigenvalue weighted by molar-refractivity contribution is 0.247. The number of halogens is 1. The van der Waals surface area contributed by atoms with Crippen LogP contribution in [0.15, 0.2) is 24.3 Å². The smallest absolute Gasteiger partial charge is 0.133 e. The maximum absolute atomic E-state index is 6.15. The summed E-state index contributed by atoms with van der Waals surface area (Å²) in [5, 5.41) is 9.22. The number of nitrogens with one attached hydrogen (secondary N) is 1. The average molecular weight is 317 g/mol. The van der Waals surface area contributed by atoms with Gasteiger partial charge in [-0.05, 0) is 51.1 Å². The Labute approximate surface area is 136 Å². The fourth-order valence-corrected chi connectivity index (χ4v) is 3.90. The van der Waals surface area contributed by atoms with Gasteiger partial charge in [0.05, 0.1) is 11.4 Å². The number of fused-ring (bicyclic) bond motifs is 1. The third-order valence-corrected chi connectivity index (χ3v) is 4.98. The Morgan fingerprint density at radius 3 is 3.09 bits per heavy atom. The van der Waals surface area contributed by atoms with E-state index < -0.39 is 0 Å². The van der Waals surface area contributed by atoms with Gasteiger partial charge in [-0.25, -0.2) is 4.68 Å². The van der Waals surface area contributed by atoms with Gasteiger partial charge in [0.25, 0.3) is 0 Å². The first-order chi connectivity index (χ1) is 10.7. The Balaban J connectivity index is 1.76. The van der Waals surface area contributed by atoms with Crippen molar-refractivity contribution in [2.24, 2.45) is 0 Å². The molecular formula is C17H21ClN4. The van der Waals surface area contributed by atoms with Gasteiger partial charge in [-0.15, -0.1) is 0 Å². The van der Waals surface area contributed by atoms with Crippen LogP contribution in [0.25, 0.3) is 5.69 Å². The molecule has 0 aliphatic carbocycles. The van der Waals surface area contributed by atoms with Crippen molar-refractivity contribution in [1.29, 1.82) is 0 Å². The highest BCUT2D eigenvalue weighted by atomic mass is 35.5. The number of hydrogen-bond donors (Lipinski definition) is 1. The van der Waals surface area contributed by atoms with E-state index in [1.165, 1.54) is 30.6 Å². The molecule has 1 saturated heterocycles. The van der Waals surface area contributed by atoms with Crippen LogP contribution in [0.1, 0.15) is 30.0 Å². The minimum absolute atomic E-state index is 0.549. The maximum atomic E-state index is 6.15. The standard InChI is InChI=1S/C17H21ClN4/c1-21-9-3-4-12(11-21)16-15-7-8-19-17(15)22(20-16)14-6-2-5-13(18)10-14/h2,5-6,10,12,19H,3-4,7-9,11H2,1H3. The Bertz CT molecular complexity index is 694. The molecule has 3 heterocycles. The minimum Gasteiger partial charge on any atom is -0.369 e.